The fourth-order valence-corrected chi connectivity index (χ4v) is 2.18. The number of ketones is 1. The van der Waals surface area contributed by atoms with Gasteiger partial charge in [0.15, 0.2) is 5.78 Å². The summed E-state index contributed by atoms with van der Waals surface area (Å²) in [6, 6.07) is 2.55. The molecule has 0 saturated heterocycles. The predicted molar refractivity (Wildman–Crippen MR) is 73.0 cm³/mol. The van der Waals surface area contributed by atoms with E-state index in [2.05, 4.69) is 21.9 Å². The fourth-order valence-electron chi connectivity index (χ4n) is 1.51. The van der Waals surface area contributed by atoms with Crippen LogP contribution in [0.15, 0.2) is 16.6 Å². The third-order valence-electron chi connectivity index (χ3n) is 2.43. The summed E-state index contributed by atoms with van der Waals surface area (Å²) in [6.45, 7) is 0. The first-order valence-electron chi connectivity index (χ1n) is 5.20. The second-order valence-corrected chi connectivity index (χ2v) is 4.33. The fraction of sp³-hybridized carbons (Fsp3) is 0.308. The second kappa shape index (κ2) is 6.43. The molecule has 1 atom stereocenters. The van der Waals surface area contributed by atoms with Crippen molar-refractivity contribution < 1.29 is 14.3 Å². The molecular formula is C13H14BrNO3. The largest absolute Gasteiger partial charge is 0.495 e. The van der Waals surface area contributed by atoms with Crippen LogP contribution in [0.4, 0.5) is 0 Å². The summed E-state index contributed by atoms with van der Waals surface area (Å²) >= 11 is 3.33. The molecule has 0 radical (unpaired) electrons. The summed E-state index contributed by atoms with van der Waals surface area (Å²) in [4.78, 5) is 12.1. The summed E-state index contributed by atoms with van der Waals surface area (Å²) in [5, 5.41) is 0. The number of methoxy groups -OCH3 is 2. The van der Waals surface area contributed by atoms with Crippen LogP contribution >= 0.6 is 15.9 Å². The zero-order chi connectivity index (χ0) is 13.7. The van der Waals surface area contributed by atoms with E-state index in [9.17, 15) is 4.79 Å². The van der Waals surface area contributed by atoms with Gasteiger partial charge >= 0.3 is 0 Å². The average Bonchev–Trinajstić information content (AvgIpc) is 2.37. The van der Waals surface area contributed by atoms with Crippen LogP contribution in [0.1, 0.15) is 16.8 Å². The Labute approximate surface area is 115 Å². The molecule has 0 saturated carbocycles. The number of halogens is 1. The van der Waals surface area contributed by atoms with Gasteiger partial charge in [-0.25, -0.2) is 0 Å². The molecule has 4 nitrogen and oxygen atoms in total. The summed E-state index contributed by atoms with van der Waals surface area (Å²) < 4.78 is 10.9. The highest BCUT2D eigenvalue weighted by molar-refractivity contribution is 9.10. The van der Waals surface area contributed by atoms with Crippen molar-refractivity contribution in [2.45, 2.75) is 12.5 Å². The summed E-state index contributed by atoms with van der Waals surface area (Å²) in [6.07, 6.45) is 5.33. The van der Waals surface area contributed by atoms with Gasteiger partial charge in [0.2, 0.25) is 0 Å². The molecule has 0 bridgehead atoms. The number of nitrogens with two attached hydrogens (primary N) is 1. The van der Waals surface area contributed by atoms with Gasteiger partial charge in [-0.15, -0.1) is 12.3 Å². The van der Waals surface area contributed by atoms with E-state index in [1.54, 1.807) is 12.1 Å². The smallest absolute Gasteiger partial charge is 0.184 e. The first-order chi connectivity index (χ1) is 8.56. The van der Waals surface area contributed by atoms with Crippen molar-refractivity contribution in [1.29, 1.82) is 0 Å². The molecule has 0 amide bonds. The molecule has 0 heterocycles. The van der Waals surface area contributed by atoms with Gasteiger partial charge in [0.05, 0.1) is 25.8 Å². The maximum atomic E-state index is 12.1. The average molecular weight is 312 g/mol. The van der Waals surface area contributed by atoms with E-state index in [-0.39, 0.29) is 12.2 Å². The molecule has 1 aromatic carbocycles. The molecule has 96 valence electrons. The minimum absolute atomic E-state index is 0.186. The maximum Gasteiger partial charge on any atom is 0.184 e. The quantitative estimate of drug-likeness (QED) is 0.667. The minimum atomic E-state index is -0.732. The van der Waals surface area contributed by atoms with Crippen molar-refractivity contribution in [3.63, 3.8) is 0 Å². The lowest BCUT2D eigenvalue weighted by molar-refractivity contribution is 0.0959. The first kappa shape index (κ1) is 14.6. The van der Waals surface area contributed by atoms with Crippen LogP contribution in [-0.2, 0) is 0 Å². The molecule has 0 aliphatic heterocycles. The number of terminal acetylenes is 1. The van der Waals surface area contributed by atoms with Crippen LogP contribution in [0.3, 0.4) is 0 Å². The SMILES string of the molecule is C#CCC(N)C(=O)c1ccc(OC)c(Br)c1OC. The summed E-state index contributed by atoms with van der Waals surface area (Å²) in [7, 11) is 3.01. The van der Waals surface area contributed by atoms with E-state index >= 15 is 0 Å². The Morgan fingerprint density at radius 3 is 2.67 bits per heavy atom. The van der Waals surface area contributed by atoms with Gasteiger partial charge in [0, 0.05) is 6.42 Å². The van der Waals surface area contributed by atoms with E-state index in [4.69, 9.17) is 21.6 Å². The third-order valence-corrected chi connectivity index (χ3v) is 3.18. The number of hydrogen-bond acceptors (Lipinski definition) is 4. The topological polar surface area (TPSA) is 61.6 Å². The summed E-state index contributed by atoms with van der Waals surface area (Å²) in [5.74, 6) is 3.09. The van der Waals surface area contributed by atoms with Crippen LogP contribution in [0.25, 0.3) is 0 Å². The van der Waals surface area contributed by atoms with Crippen LogP contribution in [0, 0.1) is 12.3 Å². The van der Waals surface area contributed by atoms with Crippen LogP contribution in [0.2, 0.25) is 0 Å². The number of carbonyl (C=O) groups excluding carboxylic acids is 1. The van der Waals surface area contributed by atoms with Crippen LogP contribution < -0.4 is 15.2 Å². The highest BCUT2D eigenvalue weighted by Gasteiger charge is 2.22. The van der Waals surface area contributed by atoms with Crippen molar-refractivity contribution in [3.05, 3.63) is 22.2 Å². The van der Waals surface area contributed by atoms with Crippen molar-refractivity contribution >= 4 is 21.7 Å². The van der Waals surface area contributed by atoms with Gasteiger partial charge in [0.1, 0.15) is 16.0 Å². The predicted octanol–water partition coefficient (Wildman–Crippen LogP) is 2.00. The third kappa shape index (κ3) is 2.84. The molecule has 0 aliphatic rings. The maximum absolute atomic E-state index is 12.1. The van der Waals surface area contributed by atoms with Crippen LogP contribution in [-0.4, -0.2) is 26.0 Å². The highest BCUT2D eigenvalue weighted by Crippen LogP contribution is 2.37. The number of Topliss-reactive ketones (excluding diaryl/α,β-unsaturated/α-hetero) is 1. The lowest BCUT2D eigenvalue weighted by atomic mass is 10.0. The van der Waals surface area contributed by atoms with Gasteiger partial charge in [-0.1, -0.05) is 0 Å². The molecule has 1 unspecified atom stereocenters. The Kier molecular flexibility index (Phi) is 5.20. The van der Waals surface area contributed by atoms with E-state index in [0.717, 1.165) is 0 Å². The van der Waals surface area contributed by atoms with Gasteiger partial charge in [-0.05, 0) is 28.1 Å². The van der Waals surface area contributed by atoms with Crippen molar-refractivity contribution in [3.8, 4) is 23.8 Å². The molecule has 2 N–H and O–H groups in total. The molecule has 0 aliphatic carbocycles. The zero-order valence-electron chi connectivity index (χ0n) is 10.2. The Hall–Kier alpha value is -1.51. The molecule has 1 aromatic rings. The van der Waals surface area contributed by atoms with E-state index in [1.807, 2.05) is 0 Å². The monoisotopic (exact) mass is 311 g/mol. The van der Waals surface area contributed by atoms with E-state index in [0.29, 0.717) is 21.5 Å². The van der Waals surface area contributed by atoms with Crippen LogP contribution in [0.5, 0.6) is 11.5 Å². The number of carbonyl (C=O) groups is 1. The Balaban J connectivity index is 3.22. The number of rotatable bonds is 5. The minimum Gasteiger partial charge on any atom is -0.495 e. The lowest BCUT2D eigenvalue weighted by Crippen LogP contribution is -2.30. The molecule has 18 heavy (non-hydrogen) atoms. The molecule has 1 rings (SSSR count). The van der Waals surface area contributed by atoms with Gasteiger partial charge in [-0.2, -0.15) is 0 Å². The van der Waals surface area contributed by atoms with Gasteiger partial charge in [0.25, 0.3) is 0 Å². The van der Waals surface area contributed by atoms with E-state index < -0.39 is 6.04 Å². The number of ether oxygens (including phenoxy) is 2. The Morgan fingerprint density at radius 1 is 1.50 bits per heavy atom. The number of hydrogen-bond donors (Lipinski definition) is 1. The van der Waals surface area contributed by atoms with Crippen molar-refractivity contribution in [2.24, 2.45) is 5.73 Å². The van der Waals surface area contributed by atoms with Crippen molar-refractivity contribution in [2.75, 3.05) is 14.2 Å². The standard InChI is InChI=1S/C13H14BrNO3/c1-4-5-9(15)12(16)8-6-7-10(17-2)11(14)13(8)18-3/h1,6-7,9H,5,15H2,2-3H3. The van der Waals surface area contributed by atoms with Gasteiger partial charge < -0.3 is 15.2 Å². The Morgan fingerprint density at radius 2 is 2.17 bits per heavy atom. The second-order valence-electron chi connectivity index (χ2n) is 3.54. The molecule has 0 spiro atoms. The molecular weight excluding hydrogens is 298 g/mol. The lowest BCUT2D eigenvalue weighted by Gasteiger charge is -2.14. The Bertz CT molecular complexity index is 494. The first-order valence-corrected chi connectivity index (χ1v) is 5.99. The molecule has 0 aromatic heterocycles. The highest BCUT2D eigenvalue weighted by atomic mass is 79.9. The molecule has 0 fully saturated rings. The number of benzene rings is 1. The molecule has 5 heteroatoms. The van der Waals surface area contributed by atoms with Crippen molar-refractivity contribution in [1.82, 2.24) is 0 Å². The normalized spacial score (nSPS) is 11.5. The summed E-state index contributed by atoms with van der Waals surface area (Å²) in [5.41, 5.74) is 6.09. The van der Waals surface area contributed by atoms with Gasteiger partial charge in [-0.3, -0.25) is 4.79 Å². The van der Waals surface area contributed by atoms with E-state index in [1.165, 1.54) is 14.2 Å². The zero-order valence-corrected chi connectivity index (χ0v) is 11.8.